The number of aliphatic hydroxyl groups is 1. The van der Waals surface area contributed by atoms with E-state index in [2.05, 4.69) is 23.5 Å². The molecule has 3 heteroatoms. The van der Waals surface area contributed by atoms with Crippen molar-refractivity contribution >= 4 is 10.8 Å². The molecule has 0 amide bonds. The standard InChI is InChI=1S/C20H27NO2/c22-18(14-21-17-10-3-1-2-4-11-17)15-23-20-13-7-9-16-8-5-6-12-19(16)20/h5-9,12-13,17-18,21-22H,1-4,10-11,14-15H2/p+1/t18-/m1/s1. The third kappa shape index (κ3) is 4.69. The van der Waals surface area contributed by atoms with Gasteiger partial charge in [0.2, 0.25) is 0 Å². The molecule has 0 heterocycles. The van der Waals surface area contributed by atoms with E-state index in [1.165, 1.54) is 43.9 Å². The van der Waals surface area contributed by atoms with Crippen LogP contribution in [0.5, 0.6) is 5.75 Å². The third-order valence-electron chi connectivity index (χ3n) is 4.82. The Bertz CT molecular complexity index is 600. The van der Waals surface area contributed by atoms with Crippen LogP contribution in [0.2, 0.25) is 0 Å². The van der Waals surface area contributed by atoms with Crippen molar-refractivity contribution < 1.29 is 15.2 Å². The SMILES string of the molecule is O[C@H](C[NH2+]C1CCCCCC1)COc1cccc2ccccc12. The second kappa shape index (κ2) is 8.32. The zero-order valence-corrected chi connectivity index (χ0v) is 13.8. The van der Waals surface area contributed by atoms with Gasteiger partial charge in [0.25, 0.3) is 0 Å². The Kier molecular flexibility index (Phi) is 5.89. The number of benzene rings is 2. The molecule has 0 spiro atoms. The summed E-state index contributed by atoms with van der Waals surface area (Å²) >= 11 is 0. The molecule has 1 saturated carbocycles. The Hall–Kier alpha value is -1.58. The van der Waals surface area contributed by atoms with Crippen LogP contribution < -0.4 is 10.1 Å². The van der Waals surface area contributed by atoms with Gasteiger partial charge in [0.15, 0.2) is 0 Å². The molecular weight excluding hydrogens is 286 g/mol. The van der Waals surface area contributed by atoms with Gasteiger partial charge in [-0.1, -0.05) is 49.2 Å². The number of fused-ring (bicyclic) bond motifs is 1. The van der Waals surface area contributed by atoms with E-state index in [1.807, 2.05) is 24.3 Å². The van der Waals surface area contributed by atoms with Crippen LogP contribution in [-0.4, -0.2) is 30.4 Å². The predicted molar refractivity (Wildman–Crippen MR) is 93.7 cm³/mol. The van der Waals surface area contributed by atoms with Crippen molar-refractivity contribution in [3.05, 3.63) is 42.5 Å². The van der Waals surface area contributed by atoms with Crippen molar-refractivity contribution in [1.29, 1.82) is 0 Å². The fourth-order valence-corrected chi connectivity index (χ4v) is 3.47. The van der Waals surface area contributed by atoms with E-state index in [4.69, 9.17) is 4.74 Å². The molecule has 0 aliphatic heterocycles. The predicted octanol–water partition coefficient (Wildman–Crippen LogP) is 2.87. The fourth-order valence-electron chi connectivity index (χ4n) is 3.47. The molecule has 1 aliphatic rings. The van der Waals surface area contributed by atoms with Gasteiger partial charge in [0.1, 0.15) is 25.0 Å². The lowest BCUT2D eigenvalue weighted by Gasteiger charge is -2.17. The zero-order chi connectivity index (χ0) is 15.9. The molecule has 3 N–H and O–H groups in total. The van der Waals surface area contributed by atoms with E-state index in [9.17, 15) is 5.11 Å². The molecule has 3 nitrogen and oxygen atoms in total. The lowest BCUT2D eigenvalue weighted by Crippen LogP contribution is -2.91. The summed E-state index contributed by atoms with van der Waals surface area (Å²) in [5.41, 5.74) is 0. The van der Waals surface area contributed by atoms with Gasteiger partial charge >= 0.3 is 0 Å². The number of hydrogen-bond acceptors (Lipinski definition) is 2. The highest BCUT2D eigenvalue weighted by Crippen LogP contribution is 2.25. The van der Waals surface area contributed by atoms with Crippen LogP contribution in [-0.2, 0) is 0 Å². The first kappa shape index (κ1) is 16.3. The molecule has 0 saturated heterocycles. The van der Waals surface area contributed by atoms with Gasteiger partial charge in [-0.15, -0.1) is 0 Å². The number of rotatable bonds is 6. The Morgan fingerprint density at radius 2 is 1.74 bits per heavy atom. The van der Waals surface area contributed by atoms with Crippen molar-refractivity contribution in [2.75, 3.05) is 13.2 Å². The minimum absolute atomic E-state index is 0.358. The number of aliphatic hydroxyl groups excluding tert-OH is 1. The van der Waals surface area contributed by atoms with Crippen molar-refractivity contribution in [1.82, 2.24) is 0 Å². The van der Waals surface area contributed by atoms with Crippen LogP contribution in [0.3, 0.4) is 0 Å². The first-order chi connectivity index (χ1) is 11.3. The smallest absolute Gasteiger partial charge is 0.137 e. The van der Waals surface area contributed by atoms with Crippen molar-refractivity contribution in [3.8, 4) is 5.75 Å². The van der Waals surface area contributed by atoms with Gasteiger partial charge in [-0.2, -0.15) is 0 Å². The Morgan fingerprint density at radius 3 is 2.57 bits per heavy atom. The molecule has 0 unspecified atom stereocenters. The van der Waals surface area contributed by atoms with Crippen molar-refractivity contribution in [2.24, 2.45) is 0 Å². The van der Waals surface area contributed by atoms with E-state index in [1.54, 1.807) is 0 Å². The molecule has 2 aromatic carbocycles. The van der Waals surface area contributed by atoms with Crippen LogP contribution in [0.25, 0.3) is 10.8 Å². The van der Waals surface area contributed by atoms with Gasteiger partial charge < -0.3 is 15.2 Å². The van der Waals surface area contributed by atoms with Gasteiger partial charge in [0, 0.05) is 5.39 Å². The first-order valence-corrected chi connectivity index (χ1v) is 8.95. The topological polar surface area (TPSA) is 46.1 Å². The molecule has 0 aromatic heterocycles. The summed E-state index contributed by atoms with van der Waals surface area (Å²) in [6, 6.07) is 14.9. The summed E-state index contributed by atoms with van der Waals surface area (Å²) in [4.78, 5) is 0. The summed E-state index contributed by atoms with van der Waals surface area (Å²) in [7, 11) is 0. The maximum absolute atomic E-state index is 10.2. The largest absolute Gasteiger partial charge is 0.490 e. The van der Waals surface area contributed by atoms with Gasteiger partial charge in [-0.05, 0) is 37.1 Å². The van der Waals surface area contributed by atoms with Gasteiger partial charge in [-0.25, -0.2) is 0 Å². The molecule has 1 atom stereocenters. The lowest BCUT2D eigenvalue weighted by atomic mass is 10.1. The van der Waals surface area contributed by atoms with Crippen LogP contribution in [0.4, 0.5) is 0 Å². The van der Waals surface area contributed by atoms with Gasteiger partial charge in [-0.3, -0.25) is 0 Å². The number of ether oxygens (including phenoxy) is 1. The maximum Gasteiger partial charge on any atom is 0.137 e. The fraction of sp³-hybridized carbons (Fsp3) is 0.500. The van der Waals surface area contributed by atoms with Gasteiger partial charge in [0.05, 0.1) is 6.04 Å². The van der Waals surface area contributed by atoms with E-state index in [-0.39, 0.29) is 0 Å². The summed E-state index contributed by atoms with van der Waals surface area (Å²) in [6.07, 6.45) is 7.58. The van der Waals surface area contributed by atoms with Crippen molar-refractivity contribution in [2.45, 2.75) is 50.7 Å². The van der Waals surface area contributed by atoms with Crippen LogP contribution in [0.15, 0.2) is 42.5 Å². The van der Waals surface area contributed by atoms with Crippen LogP contribution in [0.1, 0.15) is 38.5 Å². The highest BCUT2D eigenvalue weighted by atomic mass is 16.5. The molecule has 0 radical (unpaired) electrons. The second-order valence-corrected chi connectivity index (χ2v) is 6.67. The lowest BCUT2D eigenvalue weighted by molar-refractivity contribution is -0.695. The highest BCUT2D eigenvalue weighted by molar-refractivity contribution is 5.88. The molecule has 124 valence electrons. The Morgan fingerprint density at radius 1 is 1.00 bits per heavy atom. The normalized spacial score (nSPS) is 17.8. The van der Waals surface area contributed by atoms with Crippen LogP contribution in [0, 0.1) is 0 Å². The zero-order valence-electron chi connectivity index (χ0n) is 13.8. The highest BCUT2D eigenvalue weighted by Gasteiger charge is 2.17. The number of nitrogens with two attached hydrogens (primary N) is 1. The van der Waals surface area contributed by atoms with E-state index >= 15 is 0 Å². The number of hydrogen-bond donors (Lipinski definition) is 2. The summed E-state index contributed by atoms with van der Waals surface area (Å²) in [6.45, 7) is 1.09. The average Bonchev–Trinajstić information content (AvgIpc) is 2.87. The molecule has 23 heavy (non-hydrogen) atoms. The molecule has 1 aliphatic carbocycles. The Labute approximate surface area is 138 Å². The molecular formula is C20H28NO2+. The third-order valence-corrected chi connectivity index (χ3v) is 4.82. The quantitative estimate of drug-likeness (QED) is 0.805. The summed E-state index contributed by atoms with van der Waals surface area (Å²) in [5.74, 6) is 0.858. The number of quaternary nitrogens is 1. The summed E-state index contributed by atoms with van der Waals surface area (Å²) in [5, 5.41) is 14.8. The molecule has 3 rings (SSSR count). The van der Waals surface area contributed by atoms with E-state index in [0.717, 1.165) is 17.7 Å². The van der Waals surface area contributed by atoms with E-state index < -0.39 is 6.10 Å². The molecule has 1 fully saturated rings. The van der Waals surface area contributed by atoms with Crippen LogP contribution >= 0.6 is 0 Å². The molecule has 0 bridgehead atoms. The summed E-state index contributed by atoms with van der Waals surface area (Å²) < 4.78 is 5.88. The van der Waals surface area contributed by atoms with E-state index in [0.29, 0.717) is 12.6 Å². The maximum atomic E-state index is 10.2. The molecule has 2 aromatic rings. The first-order valence-electron chi connectivity index (χ1n) is 8.95. The second-order valence-electron chi connectivity index (χ2n) is 6.67. The minimum atomic E-state index is -0.419. The minimum Gasteiger partial charge on any atom is -0.490 e. The Balaban J connectivity index is 1.49. The van der Waals surface area contributed by atoms with Crippen molar-refractivity contribution in [3.63, 3.8) is 0 Å². The average molecular weight is 314 g/mol. The monoisotopic (exact) mass is 314 g/mol.